The predicted molar refractivity (Wildman–Crippen MR) is 84.9 cm³/mol. The van der Waals surface area contributed by atoms with Crippen molar-refractivity contribution in [3.8, 4) is 0 Å². The van der Waals surface area contributed by atoms with Gasteiger partial charge in [-0.2, -0.15) is 0 Å². The van der Waals surface area contributed by atoms with Gasteiger partial charge in [-0.3, -0.25) is 0 Å². The molecule has 1 fully saturated rings. The van der Waals surface area contributed by atoms with E-state index in [-0.39, 0.29) is 0 Å². The molecule has 1 aromatic carbocycles. The van der Waals surface area contributed by atoms with Crippen LogP contribution in [0.1, 0.15) is 44.1 Å². The highest BCUT2D eigenvalue weighted by molar-refractivity contribution is 5.70. The molecule has 100 valence electrons. The molecule has 1 atom stereocenters. The zero-order valence-electron chi connectivity index (χ0n) is 11.8. The SMILES string of the molecule is C=CCCC1CCC/C1=C(/CC=C)c1ccccc1. The molecule has 0 heterocycles. The largest absolute Gasteiger partial charge is 0.103 e. The lowest BCUT2D eigenvalue weighted by molar-refractivity contribution is 0.580. The molecule has 1 unspecified atom stereocenters. The molecule has 0 amide bonds. The van der Waals surface area contributed by atoms with Crippen molar-refractivity contribution in [1.82, 2.24) is 0 Å². The van der Waals surface area contributed by atoms with Crippen LogP contribution in [-0.2, 0) is 0 Å². The number of hydrogen-bond donors (Lipinski definition) is 0. The molecular weight excluding hydrogens is 228 g/mol. The normalized spacial score (nSPS) is 21.2. The van der Waals surface area contributed by atoms with E-state index in [2.05, 4.69) is 43.5 Å². The minimum Gasteiger partial charge on any atom is -0.103 e. The van der Waals surface area contributed by atoms with E-state index in [1.165, 1.54) is 36.8 Å². The van der Waals surface area contributed by atoms with Crippen molar-refractivity contribution < 1.29 is 0 Å². The van der Waals surface area contributed by atoms with Crippen LogP contribution < -0.4 is 0 Å². The molecule has 1 saturated carbocycles. The lowest BCUT2D eigenvalue weighted by Gasteiger charge is -2.17. The first-order valence-electron chi connectivity index (χ1n) is 7.36. The molecule has 1 aliphatic carbocycles. The second kappa shape index (κ2) is 7.13. The van der Waals surface area contributed by atoms with Crippen LogP contribution in [0.25, 0.3) is 5.57 Å². The molecule has 0 heteroatoms. The number of hydrogen-bond acceptors (Lipinski definition) is 0. The first kappa shape index (κ1) is 13.9. The van der Waals surface area contributed by atoms with Crippen LogP contribution in [0.2, 0.25) is 0 Å². The lowest BCUT2D eigenvalue weighted by atomic mass is 9.88. The second-order valence-electron chi connectivity index (χ2n) is 5.32. The molecule has 0 aromatic heterocycles. The predicted octanol–water partition coefficient (Wildman–Crippen LogP) is 5.78. The molecule has 1 aromatic rings. The third-order valence-electron chi connectivity index (χ3n) is 4.07. The summed E-state index contributed by atoms with van der Waals surface area (Å²) in [6, 6.07) is 10.8. The maximum atomic E-state index is 3.93. The van der Waals surface area contributed by atoms with Gasteiger partial charge in [0.1, 0.15) is 0 Å². The molecule has 0 nitrogen and oxygen atoms in total. The summed E-state index contributed by atoms with van der Waals surface area (Å²) in [5, 5.41) is 0. The molecular formula is C19H24. The van der Waals surface area contributed by atoms with Gasteiger partial charge >= 0.3 is 0 Å². The van der Waals surface area contributed by atoms with Gasteiger partial charge in [-0.1, -0.05) is 48.1 Å². The molecule has 0 N–H and O–H groups in total. The topological polar surface area (TPSA) is 0 Å². The number of rotatable bonds is 6. The number of allylic oxidation sites excluding steroid dienone is 4. The van der Waals surface area contributed by atoms with Gasteiger partial charge < -0.3 is 0 Å². The molecule has 0 aliphatic heterocycles. The molecule has 0 saturated heterocycles. The van der Waals surface area contributed by atoms with Crippen molar-refractivity contribution in [2.24, 2.45) is 5.92 Å². The zero-order valence-corrected chi connectivity index (χ0v) is 11.8. The van der Waals surface area contributed by atoms with E-state index in [4.69, 9.17) is 0 Å². The van der Waals surface area contributed by atoms with E-state index in [9.17, 15) is 0 Å². The Morgan fingerprint density at radius 1 is 1.16 bits per heavy atom. The second-order valence-corrected chi connectivity index (χ2v) is 5.32. The van der Waals surface area contributed by atoms with Crippen molar-refractivity contribution in [2.45, 2.75) is 38.5 Å². The summed E-state index contributed by atoms with van der Waals surface area (Å²) in [5.74, 6) is 0.758. The highest BCUT2D eigenvalue weighted by Gasteiger charge is 2.23. The van der Waals surface area contributed by atoms with Crippen LogP contribution >= 0.6 is 0 Å². The quantitative estimate of drug-likeness (QED) is 0.563. The van der Waals surface area contributed by atoms with E-state index in [1.807, 2.05) is 12.2 Å². The summed E-state index contributed by atoms with van der Waals surface area (Å²) in [7, 11) is 0. The fourth-order valence-electron chi connectivity index (χ4n) is 3.17. The van der Waals surface area contributed by atoms with Gasteiger partial charge in [-0.05, 0) is 55.6 Å². The van der Waals surface area contributed by atoms with E-state index in [0.717, 1.165) is 18.8 Å². The highest BCUT2D eigenvalue weighted by Crippen LogP contribution is 2.40. The Morgan fingerprint density at radius 3 is 2.63 bits per heavy atom. The van der Waals surface area contributed by atoms with Crippen LogP contribution in [0.5, 0.6) is 0 Å². The van der Waals surface area contributed by atoms with Crippen molar-refractivity contribution in [3.63, 3.8) is 0 Å². The summed E-state index contributed by atoms with van der Waals surface area (Å²) in [4.78, 5) is 0. The van der Waals surface area contributed by atoms with E-state index >= 15 is 0 Å². The maximum Gasteiger partial charge on any atom is -0.00945 e. The standard InChI is InChI=1S/C19H24/c1-3-5-11-16-14-9-15-19(16)18(10-4-2)17-12-7-6-8-13-17/h3-4,6-8,12-13,16H,1-2,5,9-11,14-15H2/b19-18+. The molecule has 1 aliphatic rings. The minimum atomic E-state index is 0.758. The fourth-order valence-corrected chi connectivity index (χ4v) is 3.17. The lowest BCUT2D eigenvalue weighted by Crippen LogP contribution is -2.00. The molecule has 0 radical (unpaired) electrons. The fraction of sp³-hybridized carbons (Fsp3) is 0.368. The van der Waals surface area contributed by atoms with Crippen molar-refractivity contribution in [3.05, 3.63) is 66.8 Å². The van der Waals surface area contributed by atoms with Crippen LogP contribution in [0, 0.1) is 5.92 Å². The smallest absolute Gasteiger partial charge is 0.00945 e. The van der Waals surface area contributed by atoms with Crippen LogP contribution in [0.3, 0.4) is 0 Å². The van der Waals surface area contributed by atoms with Crippen molar-refractivity contribution in [1.29, 1.82) is 0 Å². The zero-order chi connectivity index (χ0) is 13.5. The highest BCUT2D eigenvalue weighted by atomic mass is 14.3. The van der Waals surface area contributed by atoms with Crippen LogP contribution in [0.4, 0.5) is 0 Å². The molecule has 2 rings (SSSR count). The van der Waals surface area contributed by atoms with Crippen molar-refractivity contribution >= 4 is 5.57 Å². The van der Waals surface area contributed by atoms with E-state index in [1.54, 1.807) is 5.57 Å². The van der Waals surface area contributed by atoms with Gasteiger partial charge in [0.25, 0.3) is 0 Å². The Balaban J connectivity index is 2.32. The maximum absolute atomic E-state index is 3.93. The van der Waals surface area contributed by atoms with Gasteiger partial charge in [-0.15, -0.1) is 13.2 Å². The Bertz CT molecular complexity index is 450. The molecule has 0 spiro atoms. The first-order chi connectivity index (χ1) is 9.36. The summed E-state index contributed by atoms with van der Waals surface area (Å²) >= 11 is 0. The summed E-state index contributed by atoms with van der Waals surface area (Å²) < 4.78 is 0. The van der Waals surface area contributed by atoms with Gasteiger partial charge in [0.05, 0.1) is 0 Å². The minimum absolute atomic E-state index is 0.758. The number of benzene rings is 1. The average Bonchev–Trinajstić information content (AvgIpc) is 2.91. The van der Waals surface area contributed by atoms with Crippen LogP contribution in [-0.4, -0.2) is 0 Å². The average molecular weight is 252 g/mol. The molecule has 0 bridgehead atoms. The van der Waals surface area contributed by atoms with E-state index in [0.29, 0.717) is 0 Å². The Kier molecular flexibility index (Phi) is 5.20. The summed E-state index contributed by atoms with van der Waals surface area (Å²) in [6.07, 6.45) is 11.4. The summed E-state index contributed by atoms with van der Waals surface area (Å²) in [5.41, 5.74) is 4.57. The Hall–Kier alpha value is -1.56. The third kappa shape index (κ3) is 3.47. The van der Waals surface area contributed by atoms with Gasteiger partial charge in [0.2, 0.25) is 0 Å². The first-order valence-corrected chi connectivity index (χ1v) is 7.36. The van der Waals surface area contributed by atoms with Crippen LogP contribution in [0.15, 0.2) is 61.2 Å². The van der Waals surface area contributed by atoms with Gasteiger partial charge in [-0.25, -0.2) is 0 Å². The Morgan fingerprint density at radius 2 is 1.95 bits per heavy atom. The Labute approximate surface area is 117 Å². The van der Waals surface area contributed by atoms with E-state index < -0.39 is 0 Å². The van der Waals surface area contributed by atoms with Gasteiger partial charge in [0.15, 0.2) is 0 Å². The molecule has 19 heavy (non-hydrogen) atoms. The van der Waals surface area contributed by atoms with Gasteiger partial charge in [0, 0.05) is 0 Å². The van der Waals surface area contributed by atoms with Crippen molar-refractivity contribution in [2.75, 3.05) is 0 Å². The third-order valence-corrected chi connectivity index (χ3v) is 4.07. The summed E-state index contributed by atoms with van der Waals surface area (Å²) in [6.45, 7) is 7.79. The monoisotopic (exact) mass is 252 g/mol.